The van der Waals surface area contributed by atoms with Crippen LogP contribution in [0.5, 0.6) is 0 Å². The number of halogens is 1. The predicted molar refractivity (Wildman–Crippen MR) is 101 cm³/mol. The van der Waals surface area contributed by atoms with Gasteiger partial charge in [-0.15, -0.1) is 0 Å². The van der Waals surface area contributed by atoms with E-state index in [-0.39, 0.29) is 5.91 Å². The lowest BCUT2D eigenvalue weighted by Crippen LogP contribution is -2.55. The first-order valence-electron chi connectivity index (χ1n) is 8.86. The van der Waals surface area contributed by atoms with E-state index in [4.69, 9.17) is 11.6 Å². The fourth-order valence-electron chi connectivity index (χ4n) is 3.13. The van der Waals surface area contributed by atoms with E-state index in [1.165, 1.54) is 19.5 Å². The van der Waals surface area contributed by atoms with Crippen LogP contribution in [-0.4, -0.2) is 79.4 Å². The Morgan fingerprint density at radius 3 is 2.56 bits per heavy atom. The molecule has 1 N–H and O–H groups in total. The molecule has 2 aliphatic heterocycles. The molecule has 1 aromatic carbocycles. The molecule has 2 aliphatic rings. The van der Waals surface area contributed by atoms with Gasteiger partial charge in [-0.3, -0.25) is 9.79 Å². The molecule has 7 heteroatoms. The lowest BCUT2D eigenvalue weighted by Gasteiger charge is -2.36. The maximum atomic E-state index is 12.5. The van der Waals surface area contributed by atoms with Gasteiger partial charge >= 0.3 is 0 Å². The number of rotatable bonds is 5. The summed E-state index contributed by atoms with van der Waals surface area (Å²) in [7, 11) is 1.77. The summed E-state index contributed by atoms with van der Waals surface area (Å²) in [6, 6.07) is 7.67. The summed E-state index contributed by atoms with van der Waals surface area (Å²) in [6.07, 6.45) is 1.30. The molecular weight excluding hydrogens is 338 g/mol. The molecule has 0 atom stereocenters. The molecule has 0 bridgehead atoms. The molecule has 0 saturated carbocycles. The third-order valence-corrected chi connectivity index (χ3v) is 5.03. The molecule has 2 fully saturated rings. The van der Waals surface area contributed by atoms with Crippen molar-refractivity contribution in [2.45, 2.75) is 13.0 Å². The van der Waals surface area contributed by atoms with Gasteiger partial charge in [0.1, 0.15) is 0 Å². The Morgan fingerprint density at radius 2 is 1.96 bits per heavy atom. The van der Waals surface area contributed by atoms with Crippen LogP contribution in [0, 0.1) is 0 Å². The summed E-state index contributed by atoms with van der Waals surface area (Å²) in [4.78, 5) is 23.2. The van der Waals surface area contributed by atoms with Crippen molar-refractivity contribution in [3.63, 3.8) is 0 Å². The van der Waals surface area contributed by atoms with Crippen molar-refractivity contribution in [2.24, 2.45) is 4.99 Å². The number of benzene rings is 1. The van der Waals surface area contributed by atoms with E-state index >= 15 is 0 Å². The Labute approximate surface area is 154 Å². The van der Waals surface area contributed by atoms with E-state index in [1.807, 2.05) is 34.1 Å². The van der Waals surface area contributed by atoms with Gasteiger partial charge in [0.25, 0.3) is 0 Å². The zero-order valence-electron chi connectivity index (χ0n) is 14.7. The highest BCUT2D eigenvalue weighted by atomic mass is 35.5. The van der Waals surface area contributed by atoms with Gasteiger partial charge in [-0.25, -0.2) is 0 Å². The van der Waals surface area contributed by atoms with Gasteiger partial charge in [-0.2, -0.15) is 0 Å². The molecule has 1 amide bonds. The minimum Gasteiger partial charge on any atom is -0.355 e. The molecule has 25 heavy (non-hydrogen) atoms. The second kappa shape index (κ2) is 8.54. The molecule has 0 aromatic heterocycles. The smallest absolute Gasteiger partial charge is 0.242 e. The summed E-state index contributed by atoms with van der Waals surface area (Å²) in [5, 5.41) is 4.09. The van der Waals surface area contributed by atoms with Crippen molar-refractivity contribution in [1.29, 1.82) is 0 Å². The van der Waals surface area contributed by atoms with E-state index in [0.717, 1.165) is 31.2 Å². The quantitative estimate of drug-likeness (QED) is 0.632. The molecular formula is C18H26ClN5O. The molecule has 2 heterocycles. The standard InChI is InChI=1S/C18H26ClN5O/c1-20-18(21-7-10-22-8-2-9-22)24-12-11-23(17(25)14-24)13-15-3-5-16(19)6-4-15/h3-6H,2,7-14H2,1H3,(H,20,21). The second-order valence-corrected chi connectivity index (χ2v) is 6.97. The topological polar surface area (TPSA) is 51.2 Å². The lowest BCUT2D eigenvalue weighted by atomic mass is 10.2. The van der Waals surface area contributed by atoms with Crippen LogP contribution in [0.15, 0.2) is 29.3 Å². The number of nitrogens with one attached hydrogen (secondary N) is 1. The van der Waals surface area contributed by atoms with Gasteiger partial charge in [0.2, 0.25) is 5.91 Å². The van der Waals surface area contributed by atoms with Crippen LogP contribution in [0.25, 0.3) is 0 Å². The van der Waals surface area contributed by atoms with E-state index in [2.05, 4.69) is 15.2 Å². The molecule has 1 aromatic rings. The van der Waals surface area contributed by atoms with E-state index in [1.54, 1.807) is 7.05 Å². The average Bonchev–Trinajstić information content (AvgIpc) is 2.57. The van der Waals surface area contributed by atoms with Crippen LogP contribution < -0.4 is 5.32 Å². The first kappa shape index (κ1) is 18.0. The Hall–Kier alpha value is -1.79. The number of guanidine groups is 1. The molecule has 0 unspecified atom stereocenters. The van der Waals surface area contributed by atoms with Gasteiger partial charge in [0, 0.05) is 44.8 Å². The fourth-order valence-corrected chi connectivity index (χ4v) is 3.26. The van der Waals surface area contributed by atoms with Gasteiger partial charge in [-0.05, 0) is 37.2 Å². The lowest BCUT2D eigenvalue weighted by molar-refractivity contribution is -0.135. The van der Waals surface area contributed by atoms with Crippen LogP contribution in [0.1, 0.15) is 12.0 Å². The van der Waals surface area contributed by atoms with Gasteiger partial charge in [-0.1, -0.05) is 23.7 Å². The number of hydrogen-bond acceptors (Lipinski definition) is 3. The van der Waals surface area contributed by atoms with Crippen LogP contribution >= 0.6 is 11.6 Å². The van der Waals surface area contributed by atoms with Crippen molar-refractivity contribution < 1.29 is 4.79 Å². The van der Waals surface area contributed by atoms with Gasteiger partial charge in [0.15, 0.2) is 5.96 Å². The molecule has 136 valence electrons. The van der Waals surface area contributed by atoms with Crippen LogP contribution in [0.4, 0.5) is 0 Å². The highest BCUT2D eigenvalue weighted by molar-refractivity contribution is 6.30. The number of amides is 1. The van der Waals surface area contributed by atoms with Crippen LogP contribution in [-0.2, 0) is 11.3 Å². The first-order valence-corrected chi connectivity index (χ1v) is 9.23. The third kappa shape index (κ3) is 4.86. The molecule has 6 nitrogen and oxygen atoms in total. The average molecular weight is 364 g/mol. The zero-order valence-corrected chi connectivity index (χ0v) is 15.5. The normalized spacial score (nSPS) is 19.1. The third-order valence-electron chi connectivity index (χ3n) is 4.78. The summed E-state index contributed by atoms with van der Waals surface area (Å²) < 4.78 is 0. The molecule has 0 radical (unpaired) electrons. The highest BCUT2D eigenvalue weighted by Crippen LogP contribution is 2.13. The van der Waals surface area contributed by atoms with E-state index in [0.29, 0.717) is 24.7 Å². The van der Waals surface area contributed by atoms with Crippen molar-refractivity contribution in [2.75, 3.05) is 52.9 Å². The Balaban J connectivity index is 1.47. The predicted octanol–water partition coefficient (Wildman–Crippen LogP) is 1.27. The summed E-state index contributed by atoms with van der Waals surface area (Å²) in [5.74, 6) is 0.951. The van der Waals surface area contributed by atoms with Crippen molar-refractivity contribution in [1.82, 2.24) is 20.0 Å². The maximum absolute atomic E-state index is 12.5. The Bertz CT molecular complexity index is 614. The van der Waals surface area contributed by atoms with Gasteiger partial charge in [0.05, 0.1) is 6.54 Å². The number of piperazine rings is 1. The molecule has 3 rings (SSSR count). The number of carbonyl (C=O) groups is 1. The van der Waals surface area contributed by atoms with Crippen molar-refractivity contribution >= 4 is 23.5 Å². The highest BCUT2D eigenvalue weighted by Gasteiger charge is 2.26. The number of hydrogen-bond donors (Lipinski definition) is 1. The van der Waals surface area contributed by atoms with Crippen LogP contribution in [0.2, 0.25) is 5.02 Å². The summed E-state index contributed by atoms with van der Waals surface area (Å²) in [5.41, 5.74) is 1.10. The van der Waals surface area contributed by atoms with Gasteiger partial charge < -0.3 is 20.0 Å². The minimum atomic E-state index is 0.131. The largest absolute Gasteiger partial charge is 0.355 e. The number of carbonyl (C=O) groups excluding carboxylic acids is 1. The minimum absolute atomic E-state index is 0.131. The van der Waals surface area contributed by atoms with E-state index < -0.39 is 0 Å². The van der Waals surface area contributed by atoms with Crippen molar-refractivity contribution in [3.05, 3.63) is 34.9 Å². The first-order chi connectivity index (χ1) is 12.2. The summed E-state index contributed by atoms with van der Waals surface area (Å²) in [6.45, 7) is 6.79. The zero-order chi connectivity index (χ0) is 17.6. The summed E-state index contributed by atoms with van der Waals surface area (Å²) >= 11 is 5.92. The number of nitrogens with zero attached hydrogens (tertiary/aromatic N) is 4. The fraction of sp³-hybridized carbons (Fsp3) is 0.556. The Kier molecular flexibility index (Phi) is 6.15. The monoisotopic (exact) mass is 363 g/mol. The maximum Gasteiger partial charge on any atom is 0.242 e. The van der Waals surface area contributed by atoms with E-state index in [9.17, 15) is 4.79 Å². The molecule has 0 spiro atoms. The molecule has 0 aliphatic carbocycles. The number of likely N-dealkylation sites (tertiary alicyclic amines) is 1. The van der Waals surface area contributed by atoms with Crippen LogP contribution in [0.3, 0.4) is 0 Å². The Morgan fingerprint density at radius 1 is 1.20 bits per heavy atom. The second-order valence-electron chi connectivity index (χ2n) is 6.53. The SMILES string of the molecule is CN=C(NCCN1CCC1)N1CCN(Cc2ccc(Cl)cc2)C(=O)C1. The molecule has 2 saturated heterocycles. The number of aliphatic imine (C=N–C) groups is 1. The van der Waals surface area contributed by atoms with Crippen molar-refractivity contribution in [3.8, 4) is 0 Å².